The average molecular weight is 439 g/mol. The van der Waals surface area contributed by atoms with Gasteiger partial charge in [0, 0.05) is 39.1 Å². The zero-order chi connectivity index (χ0) is 22.8. The van der Waals surface area contributed by atoms with Crippen molar-refractivity contribution in [1.29, 1.82) is 0 Å². The van der Waals surface area contributed by atoms with E-state index in [1.807, 2.05) is 18.2 Å². The minimum Gasteiger partial charge on any atom is -0.322 e. The monoisotopic (exact) mass is 438 g/mol. The van der Waals surface area contributed by atoms with E-state index in [4.69, 9.17) is 16.3 Å². The summed E-state index contributed by atoms with van der Waals surface area (Å²) in [7, 11) is 2.18. The number of carbonyl (C=O) groups is 1. The van der Waals surface area contributed by atoms with Gasteiger partial charge in [-0.15, -0.1) is 0 Å². The van der Waals surface area contributed by atoms with Gasteiger partial charge in [-0.2, -0.15) is 5.10 Å². The summed E-state index contributed by atoms with van der Waals surface area (Å²) in [4.78, 5) is 15.1. The van der Waals surface area contributed by atoms with Crippen LogP contribution < -0.4 is 16.7 Å². The van der Waals surface area contributed by atoms with E-state index in [2.05, 4.69) is 44.4 Å². The summed E-state index contributed by atoms with van der Waals surface area (Å²) in [6.45, 7) is 5.80. The predicted molar refractivity (Wildman–Crippen MR) is 125 cm³/mol. The first-order chi connectivity index (χ1) is 15.6. The van der Waals surface area contributed by atoms with Gasteiger partial charge in [0.2, 0.25) is 0 Å². The quantitative estimate of drug-likeness (QED) is 0.182. The van der Waals surface area contributed by atoms with Crippen molar-refractivity contribution in [2.24, 2.45) is 16.8 Å². The lowest BCUT2D eigenvalue weighted by Crippen LogP contribution is -2.45. The number of hydrogen-bond acceptors (Lipinski definition) is 9. The Morgan fingerprint density at radius 2 is 1.75 bits per heavy atom. The van der Waals surface area contributed by atoms with E-state index >= 15 is 0 Å². The molecule has 10 heteroatoms. The molecule has 0 radical (unpaired) electrons. The van der Waals surface area contributed by atoms with Crippen LogP contribution in [-0.2, 0) is 17.6 Å². The Balaban J connectivity index is 0.000000188. The third-order valence-electron chi connectivity index (χ3n) is 5.38. The van der Waals surface area contributed by atoms with Crippen molar-refractivity contribution in [3.05, 3.63) is 53.6 Å². The maximum absolute atomic E-state index is 10.2. The van der Waals surface area contributed by atoms with Crippen molar-refractivity contribution in [2.75, 3.05) is 44.8 Å². The number of aldehydes is 1. The van der Waals surface area contributed by atoms with Crippen LogP contribution in [0.1, 0.15) is 11.1 Å². The highest BCUT2D eigenvalue weighted by molar-refractivity contribution is 5.77. The van der Waals surface area contributed by atoms with Crippen LogP contribution in [0, 0.1) is 0 Å². The molecule has 0 atom stereocenters. The summed E-state index contributed by atoms with van der Waals surface area (Å²) in [5.74, 6) is 10.5. The number of nitrogens with two attached hydrogens (primary N) is 2. The highest BCUT2D eigenvalue weighted by atomic mass is 16.6. The molecule has 4 N–H and O–H groups in total. The lowest BCUT2D eigenvalue weighted by Gasteiger charge is -2.32. The molecule has 1 aliphatic heterocycles. The summed E-state index contributed by atoms with van der Waals surface area (Å²) in [5.41, 5.74) is 4.69. The van der Waals surface area contributed by atoms with E-state index < -0.39 is 0 Å². The number of rotatable bonds is 7. The molecule has 0 aliphatic carbocycles. The van der Waals surface area contributed by atoms with E-state index in [-0.39, 0.29) is 0 Å². The maximum atomic E-state index is 10.2. The molecule has 10 nitrogen and oxygen atoms in total. The number of likely N-dealkylation sites (N-methyl/N-ethyl adjacent to an activating group) is 1. The number of hydrogen-bond donors (Lipinski definition) is 2. The van der Waals surface area contributed by atoms with Crippen molar-refractivity contribution in [3.8, 4) is 0 Å². The molecule has 1 saturated heterocycles. The molecule has 170 valence electrons. The highest BCUT2D eigenvalue weighted by Crippen LogP contribution is 2.13. The maximum Gasteiger partial charge on any atom is 0.135 e. The average Bonchev–Trinajstić information content (AvgIpc) is 3.28. The van der Waals surface area contributed by atoms with Crippen LogP contribution in [0.25, 0.3) is 11.0 Å². The number of nitrogens with zero attached hydrogens (tertiary/aromatic N) is 6. The number of aromatic nitrogens is 2. The molecule has 0 spiro atoms. The van der Waals surface area contributed by atoms with Crippen LogP contribution in [0.3, 0.4) is 0 Å². The van der Waals surface area contributed by atoms with Crippen molar-refractivity contribution in [3.63, 3.8) is 0 Å². The molecule has 3 aromatic rings. The molecule has 0 amide bonds. The van der Waals surface area contributed by atoms with Crippen LogP contribution in [0.15, 0.2) is 52.2 Å². The summed E-state index contributed by atoms with van der Waals surface area (Å²) < 4.78 is 4.71. The van der Waals surface area contributed by atoms with E-state index in [0.717, 1.165) is 41.5 Å². The molecular formula is C22H30N8O2. The first-order valence-corrected chi connectivity index (χ1v) is 10.5. The number of fused-ring (bicyclic) bond motifs is 1. The Hall–Kier alpha value is -3.34. The van der Waals surface area contributed by atoms with Crippen molar-refractivity contribution in [2.45, 2.75) is 12.8 Å². The molecule has 32 heavy (non-hydrogen) atoms. The fourth-order valence-electron chi connectivity index (χ4n) is 3.38. The second-order valence-corrected chi connectivity index (χ2v) is 7.69. The summed E-state index contributed by atoms with van der Waals surface area (Å²) >= 11 is 0. The summed E-state index contributed by atoms with van der Waals surface area (Å²) in [6.07, 6.45) is 3.63. The van der Waals surface area contributed by atoms with Crippen LogP contribution in [0.2, 0.25) is 0 Å². The van der Waals surface area contributed by atoms with Gasteiger partial charge in [-0.05, 0) is 59.2 Å². The normalized spacial score (nSPS) is 14.9. The lowest BCUT2D eigenvalue weighted by atomic mass is 10.1. The van der Waals surface area contributed by atoms with Gasteiger partial charge < -0.3 is 20.4 Å². The second-order valence-electron chi connectivity index (χ2n) is 7.69. The van der Waals surface area contributed by atoms with Crippen molar-refractivity contribution in [1.82, 2.24) is 20.1 Å². The molecule has 1 fully saturated rings. The minimum absolute atomic E-state index is 0.413. The van der Waals surface area contributed by atoms with Gasteiger partial charge in [0.15, 0.2) is 0 Å². The van der Waals surface area contributed by atoms with Crippen molar-refractivity contribution >= 4 is 29.3 Å². The van der Waals surface area contributed by atoms with E-state index in [0.29, 0.717) is 6.42 Å². The molecule has 1 aromatic heterocycles. The second kappa shape index (κ2) is 11.9. The van der Waals surface area contributed by atoms with E-state index in [1.165, 1.54) is 43.1 Å². The fraction of sp³-hybridized carbons (Fsp3) is 0.364. The first-order valence-electron chi connectivity index (χ1n) is 10.5. The Bertz CT molecular complexity index is 997. The third-order valence-corrected chi connectivity index (χ3v) is 5.38. The number of benzene rings is 2. The molecule has 0 saturated carbocycles. The molecule has 0 bridgehead atoms. The lowest BCUT2D eigenvalue weighted by molar-refractivity contribution is -0.107. The Kier molecular flexibility index (Phi) is 8.67. The van der Waals surface area contributed by atoms with Gasteiger partial charge in [0.25, 0.3) is 0 Å². The smallest absolute Gasteiger partial charge is 0.135 e. The van der Waals surface area contributed by atoms with Crippen LogP contribution >= 0.6 is 0 Å². The highest BCUT2D eigenvalue weighted by Gasteiger charge is 2.13. The predicted octanol–water partition coefficient (Wildman–Crippen LogP) is 1.02. The minimum atomic E-state index is 0.413. The fourth-order valence-corrected chi connectivity index (χ4v) is 3.38. The van der Waals surface area contributed by atoms with Crippen molar-refractivity contribution < 1.29 is 9.42 Å². The number of hydrazone groups is 1. The standard InChI is InChI=1S/C13H18N4O.C9H12N4O/c1-16-6-8-17(9-7-16)5-4-11-2-3-12-13(10-11)15-18-14-12;10-12-7-13(11)9-3-1-8(2-4-9)5-6-14/h2-3,10H,4-9H2,1H3;1-4,6-7H,5,10-11H2/b;12-7-. The van der Waals surface area contributed by atoms with Crippen LogP contribution in [0.4, 0.5) is 5.69 Å². The van der Waals surface area contributed by atoms with E-state index in [1.54, 1.807) is 12.1 Å². The number of anilines is 1. The third kappa shape index (κ3) is 6.84. The Morgan fingerprint density at radius 3 is 2.44 bits per heavy atom. The van der Waals surface area contributed by atoms with E-state index in [9.17, 15) is 4.79 Å². The molecule has 4 rings (SSSR count). The molecule has 2 heterocycles. The summed E-state index contributed by atoms with van der Waals surface area (Å²) in [6, 6.07) is 13.4. The SMILES string of the molecule is CN1CCN(CCc2ccc3nonc3c2)CC1.N/N=C\N(N)c1ccc(CC=O)cc1. The van der Waals surface area contributed by atoms with Gasteiger partial charge in [-0.25, -0.2) is 10.5 Å². The zero-order valence-corrected chi connectivity index (χ0v) is 18.3. The van der Waals surface area contributed by atoms with Gasteiger partial charge in [0.05, 0.1) is 5.69 Å². The Morgan fingerprint density at radius 1 is 1.06 bits per heavy atom. The first kappa shape index (κ1) is 23.3. The molecule has 1 aliphatic rings. The summed E-state index contributed by atoms with van der Waals surface area (Å²) in [5, 5.41) is 12.3. The topological polar surface area (TPSA) is 130 Å². The van der Waals surface area contributed by atoms with Crippen LogP contribution in [0.5, 0.6) is 0 Å². The van der Waals surface area contributed by atoms with Gasteiger partial charge >= 0.3 is 0 Å². The number of piperazine rings is 1. The van der Waals surface area contributed by atoms with Gasteiger partial charge in [-0.3, -0.25) is 5.01 Å². The molecular weight excluding hydrogens is 408 g/mol. The number of hydrazine groups is 1. The Labute approximate surface area is 187 Å². The van der Waals surface area contributed by atoms with Gasteiger partial charge in [-0.1, -0.05) is 18.2 Å². The molecule has 0 unspecified atom stereocenters. The largest absolute Gasteiger partial charge is 0.322 e. The molecule has 2 aromatic carbocycles. The number of carbonyl (C=O) groups excluding carboxylic acids is 1. The van der Waals surface area contributed by atoms with Crippen LogP contribution in [-0.4, -0.2) is 72.5 Å². The van der Waals surface area contributed by atoms with Gasteiger partial charge in [0.1, 0.15) is 23.7 Å². The zero-order valence-electron chi connectivity index (χ0n) is 18.3.